The largest absolute Gasteiger partial charge is 0.457 e. The van der Waals surface area contributed by atoms with Gasteiger partial charge in [0.15, 0.2) is 0 Å². The molecule has 0 spiro atoms. The van der Waals surface area contributed by atoms with Crippen molar-refractivity contribution < 1.29 is 22.7 Å². The molecule has 0 aliphatic rings. The number of benzene rings is 5. The van der Waals surface area contributed by atoms with Crippen LogP contribution in [0.25, 0.3) is 0 Å². The lowest BCUT2D eigenvalue weighted by molar-refractivity contribution is -0.140. The number of halogens is 2. The molecule has 0 heterocycles. The number of hydrogen-bond donors (Lipinski definition) is 1. The van der Waals surface area contributed by atoms with Gasteiger partial charge in [-0.1, -0.05) is 96.0 Å². The van der Waals surface area contributed by atoms with Gasteiger partial charge in [0.25, 0.3) is 10.0 Å². The highest BCUT2D eigenvalue weighted by Gasteiger charge is 2.35. The number of hydrogen-bond acceptors (Lipinski definition) is 5. The first-order valence-electron chi connectivity index (χ1n) is 16.0. The smallest absolute Gasteiger partial charge is 0.264 e. The minimum absolute atomic E-state index is 0.00324. The van der Waals surface area contributed by atoms with Gasteiger partial charge in [-0.3, -0.25) is 13.9 Å². The van der Waals surface area contributed by atoms with Gasteiger partial charge in [-0.25, -0.2) is 8.42 Å². The van der Waals surface area contributed by atoms with Crippen molar-refractivity contribution in [3.63, 3.8) is 0 Å². The van der Waals surface area contributed by atoms with Gasteiger partial charge in [0, 0.05) is 34.6 Å². The summed E-state index contributed by atoms with van der Waals surface area (Å²) in [6, 6.07) is 36.5. The van der Waals surface area contributed by atoms with Crippen LogP contribution in [0.2, 0.25) is 10.0 Å². The molecule has 50 heavy (non-hydrogen) atoms. The van der Waals surface area contributed by atoms with Crippen LogP contribution in [-0.4, -0.2) is 43.8 Å². The van der Waals surface area contributed by atoms with Crippen LogP contribution >= 0.6 is 23.2 Å². The van der Waals surface area contributed by atoms with Crippen LogP contribution in [0.1, 0.15) is 25.0 Å². The van der Waals surface area contributed by atoms with E-state index < -0.39 is 34.4 Å². The van der Waals surface area contributed by atoms with Crippen molar-refractivity contribution >= 4 is 50.7 Å². The Morgan fingerprint density at radius 1 is 0.720 bits per heavy atom. The number of anilines is 1. The lowest BCUT2D eigenvalue weighted by atomic mass is 10.0. The molecular formula is C39H37Cl2N3O5S. The minimum Gasteiger partial charge on any atom is -0.457 e. The molecule has 0 saturated heterocycles. The Morgan fingerprint density at radius 3 is 1.84 bits per heavy atom. The fraction of sp³-hybridized carbons (Fsp3) is 0.179. The van der Waals surface area contributed by atoms with E-state index in [1.807, 2.05) is 62.4 Å². The maximum Gasteiger partial charge on any atom is 0.264 e. The summed E-state index contributed by atoms with van der Waals surface area (Å²) >= 11 is 13.2. The van der Waals surface area contributed by atoms with Gasteiger partial charge < -0.3 is 15.0 Å². The second-order valence-electron chi connectivity index (χ2n) is 11.8. The van der Waals surface area contributed by atoms with Crippen molar-refractivity contribution in [3.8, 4) is 11.5 Å². The molecule has 11 heteroatoms. The Kier molecular flexibility index (Phi) is 12.2. The SMILES string of the molecule is CC(C)NC(=O)[C@H](Cc1ccccc1)N(Cc1c(Cl)cccc1Cl)C(=O)CN(c1ccc(Oc2ccccc2)cc1)S(=O)(=O)c1ccccc1. The van der Waals surface area contributed by atoms with Crippen molar-refractivity contribution in [2.75, 3.05) is 10.8 Å². The van der Waals surface area contributed by atoms with Gasteiger partial charge >= 0.3 is 0 Å². The highest BCUT2D eigenvalue weighted by Crippen LogP contribution is 2.30. The Hall–Kier alpha value is -4.83. The molecule has 258 valence electrons. The standard InChI is InChI=1S/C39H37Cl2N3O5S/c1-28(2)42-39(46)37(25-29-13-6-3-7-14-29)43(26-34-35(40)19-12-20-36(34)41)38(45)27-44(50(47,48)33-17-10-5-11-18-33)30-21-23-32(24-22-30)49-31-15-8-4-9-16-31/h3-24,28,37H,25-27H2,1-2H3,(H,42,46)/t37-/m0/s1. The fourth-order valence-electron chi connectivity index (χ4n) is 5.34. The third-order valence-electron chi connectivity index (χ3n) is 7.81. The van der Waals surface area contributed by atoms with Crippen molar-refractivity contribution in [1.82, 2.24) is 10.2 Å². The van der Waals surface area contributed by atoms with E-state index >= 15 is 0 Å². The molecule has 0 aliphatic carbocycles. The Morgan fingerprint density at radius 2 is 1.26 bits per heavy atom. The molecule has 5 rings (SSSR count). The lowest BCUT2D eigenvalue weighted by Crippen LogP contribution is -2.54. The van der Waals surface area contributed by atoms with Crippen LogP contribution in [-0.2, 0) is 32.6 Å². The van der Waals surface area contributed by atoms with Gasteiger partial charge in [-0.2, -0.15) is 0 Å². The lowest BCUT2D eigenvalue weighted by Gasteiger charge is -2.34. The third-order valence-corrected chi connectivity index (χ3v) is 10.3. The average Bonchev–Trinajstić information content (AvgIpc) is 3.11. The summed E-state index contributed by atoms with van der Waals surface area (Å²) in [6.45, 7) is 2.88. The van der Waals surface area contributed by atoms with Crippen LogP contribution in [0, 0.1) is 0 Å². The van der Waals surface area contributed by atoms with Crippen molar-refractivity contribution in [3.05, 3.63) is 155 Å². The van der Waals surface area contributed by atoms with Crippen LogP contribution in [0.5, 0.6) is 11.5 Å². The van der Waals surface area contributed by atoms with E-state index in [9.17, 15) is 18.0 Å². The Labute approximate surface area is 303 Å². The molecule has 0 unspecified atom stereocenters. The molecule has 0 saturated carbocycles. The zero-order valence-corrected chi connectivity index (χ0v) is 29.9. The third kappa shape index (κ3) is 9.24. The first-order valence-corrected chi connectivity index (χ1v) is 18.2. The van der Waals surface area contributed by atoms with Gasteiger partial charge in [-0.05, 0) is 80.1 Å². The second kappa shape index (κ2) is 16.7. The number of carbonyl (C=O) groups is 2. The van der Waals surface area contributed by atoms with Crippen LogP contribution in [0.3, 0.4) is 0 Å². The monoisotopic (exact) mass is 729 g/mol. The first-order chi connectivity index (χ1) is 24.0. The Bertz CT molecular complexity index is 1980. The molecule has 0 fully saturated rings. The molecule has 5 aromatic carbocycles. The van der Waals surface area contributed by atoms with Crippen LogP contribution in [0.4, 0.5) is 5.69 Å². The predicted octanol–water partition coefficient (Wildman–Crippen LogP) is 8.15. The Balaban J connectivity index is 1.57. The minimum atomic E-state index is -4.28. The summed E-state index contributed by atoms with van der Waals surface area (Å²) in [5.74, 6) is 0.0546. The van der Waals surface area contributed by atoms with E-state index in [2.05, 4.69) is 5.32 Å². The van der Waals surface area contributed by atoms with Crippen molar-refractivity contribution in [1.29, 1.82) is 0 Å². The first kappa shape index (κ1) is 36.5. The second-order valence-corrected chi connectivity index (χ2v) is 14.5. The molecule has 2 amide bonds. The van der Waals surface area contributed by atoms with Gasteiger partial charge in [0.05, 0.1) is 10.6 Å². The van der Waals surface area contributed by atoms with Crippen molar-refractivity contribution in [2.45, 2.75) is 43.8 Å². The topological polar surface area (TPSA) is 96.0 Å². The zero-order chi connectivity index (χ0) is 35.7. The number of rotatable bonds is 14. The highest BCUT2D eigenvalue weighted by atomic mass is 35.5. The fourth-order valence-corrected chi connectivity index (χ4v) is 7.29. The zero-order valence-electron chi connectivity index (χ0n) is 27.6. The summed E-state index contributed by atoms with van der Waals surface area (Å²) in [6.07, 6.45) is 0.157. The van der Waals surface area contributed by atoms with E-state index in [1.54, 1.807) is 72.8 Å². The maximum absolute atomic E-state index is 14.7. The van der Waals surface area contributed by atoms with Gasteiger partial charge in [-0.15, -0.1) is 0 Å². The molecule has 0 bridgehead atoms. The number of sulfonamides is 1. The number of nitrogens with one attached hydrogen (secondary N) is 1. The molecule has 0 aromatic heterocycles. The van der Waals surface area contributed by atoms with Crippen LogP contribution < -0.4 is 14.4 Å². The molecule has 1 N–H and O–H groups in total. The number of ether oxygens (including phenoxy) is 1. The van der Waals surface area contributed by atoms with E-state index in [0.29, 0.717) is 27.1 Å². The number of para-hydroxylation sites is 1. The van der Waals surface area contributed by atoms with E-state index in [0.717, 1.165) is 9.87 Å². The van der Waals surface area contributed by atoms with Gasteiger partial charge in [0.1, 0.15) is 24.1 Å². The van der Waals surface area contributed by atoms with E-state index in [-0.39, 0.29) is 29.6 Å². The number of nitrogens with zero attached hydrogens (tertiary/aromatic N) is 2. The molecular weight excluding hydrogens is 693 g/mol. The molecule has 0 aliphatic heterocycles. The van der Waals surface area contributed by atoms with Crippen molar-refractivity contribution in [2.24, 2.45) is 0 Å². The summed E-state index contributed by atoms with van der Waals surface area (Å²) in [5.41, 5.74) is 1.46. The predicted molar refractivity (Wildman–Crippen MR) is 198 cm³/mol. The van der Waals surface area contributed by atoms with Gasteiger partial charge in [0.2, 0.25) is 11.8 Å². The number of carbonyl (C=O) groups excluding carboxylic acids is 2. The average molecular weight is 731 g/mol. The highest BCUT2D eigenvalue weighted by molar-refractivity contribution is 7.92. The quantitative estimate of drug-likeness (QED) is 0.125. The molecule has 8 nitrogen and oxygen atoms in total. The van der Waals surface area contributed by atoms with E-state index in [1.165, 1.54) is 17.0 Å². The molecule has 0 radical (unpaired) electrons. The molecule has 5 aromatic rings. The maximum atomic E-state index is 14.7. The van der Waals surface area contributed by atoms with E-state index in [4.69, 9.17) is 27.9 Å². The number of amides is 2. The molecule has 1 atom stereocenters. The summed E-state index contributed by atoms with van der Waals surface area (Å²) in [5, 5.41) is 3.55. The van der Waals surface area contributed by atoms with Crippen LogP contribution in [0.15, 0.2) is 138 Å². The summed E-state index contributed by atoms with van der Waals surface area (Å²) in [7, 11) is -4.28. The normalized spacial score (nSPS) is 11.9. The summed E-state index contributed by atoms with van der Waals surface area (Å²) in [4.78, 5) is 30.0. The summed E-state index contributed by atoms with van der Waals surface area (Å²) < 4.78 is 35.5.